The fraction of sp³-hybridized carbons (Fsp3) is 0.818. The first-order chi connectivity index (χ1) is 8.29. The predicted molar refractivity (Wildman–Crippen MR) is 66.0 cm³/mol. The van der Waals surface area contributed by atoms with Crippen molar-refractivity contribution in [3.8, 4) is 0 Å². The molecule has 0 aromatic carbocycles. The number of ether oxygens (including phenoxy) is 1. The molecule has 0 saturated carbocycles. The maximum Gasteiger partial charge on any atom is 0.140 e. The van der Waals surface area contributed by atoms with Gasteiger partial charge in [-0.3, -0.25) is 9.58 Å². The summed E-state index contributed by atoms with van der Waals surface area (Å²) >= 11 is 5.61. The fourth-order valence-corrected chi connectivity index (χ4v) is 2.20. The van der Waals surface area contributed by atoms with Gasteiger partial charge in [-0.2, -0.15) is 5.10 Å². The van der Waals surface area contributed by atoms with E-state index in [0.29, 0.717) is 18.6 Å². The Kier molecular flexibility index (Phi) is 4.76. The van der Waals surface area contributed by atoms with E-state index in [1.165, 1.54) is 0 Å². The van der Waals surface area contributed by atoms with Crippen LogP contribution in [0.5, 0.6) is 0 Å². The normalized spacial score (nSPS) is 18.7. The van der Waals surface area contributed by atoms with Crippen molar-refractivity contribution < 1.29 is 4.74 Å². The first-order valence-electron chi connectivity index (χ1n) is 6.02. The quantitative estimate of drug-likeness (QED) is 0.740. The molecule has 0 N–H and O–H groups in total. The molecule has 1 saturated heterocycles. The average molecular weight is 259 g/mol. The van der Waals surface area contributed by atoms with E-state index in [-0.39, 0.29) is 0 Å². The number of nitrogens with zero attached hydrogens (tertiary/aromatic N) is 4. The third-order valence-corrected chi connectivity index (χ3v) is 3.29. The second-order valence-electron chi connectivity index (χ2n) is 4.34. The lowest BCUT2D eigenvalue weighted by Crippen LogP contribution is -2.37. The molecule has 6 heteroatoms. The summed E-state index contributed by atoms with van der Waals surface area (Å²) in [5.74, 6) is 1.60. The molecule has 1 aromatic heterocycles. The van der Waals surface area contributed by atoms with Gasteiger partial charge in [0.1, 0.15) is 12.2 Å². The Labute approximate surface area is 107 Å². The summed E-state index contributed by atoms with van der Waals surface area (Å²) in [6, 6.07) is 0. The predicted octanol–water partition coefficient (Wildman–Crippen LogP) is 1.03. The van der Waals surface area contributed by atoms with Crippen molar-refractivity contribution in [2.75, 3.05) is 25.6 Å². The first-order valence-corrected chi connectivity index (χ1v) is 6.56. The zero-order valence-electron chi connectivity index (χ0n) is 10.2. The van der Waals surface area contributed by atoms with E-state index in [0.717, 1.165) is 38.3 Å². The number of hydrogen-bond acceptors (Lipinski definition) is 4. The standard InChI is InChI=1S/C11H19ClN4O/c1-15-11(13-9-14-15)8-16-5-2-10(3-6-16)17-7-4-12/h9-10H,2-8H2,1H3. The van der Waals surface area contributed by atoms with Crippen LogP contribution in [0, 0.1) is 0 Å². The molecule has 1 aromatic rings. The Hall–Kier alpha value is -0.650. The van der Waals surface area contributed by atoms with E-state index in [1.54, 1.807) is 6.33 Å². The van der Waals surface area contributed by atoms with Gasteiger partial charge in [0.25, 0.3) is 0 Å². The molecule has 0 radical (unpaired) electrons. The number of aromatic nitrogens is 3. The Bertz CT molecular complexity index is 336. The summed E-state index contributed by atoms with van der Waals surface area (Å²) in [5.41, 5.74) is 0. The second-order valence-corrected chi connectivity index (χ2v) is 4.71. The van der Waals surface area contributed by atoms with Gasteiger partial charge in [-0.15, -0.1) is 11.6 Å². The van der Waals surface area contributed by atoms with Gasteiger partial charge < -0.3 is 4.74 Å². The maximum absolute atomic E-state index is 5.65. The topological polar surface area (TPSA) is 43.2 Å². The monoisotopic (exact) mass is 258 g/mol. The Balaban J connectivity index is 1.74. The van der Waals surface area contributed by atoms with E-state index >= 15 is 0 Å². The van der Waals surface area contributed by atoms with Crippen molar-refractivity contribution in [3.05, 3.63) is 12.2 Å². The molecule has 0 unspecified atom stereocenters. The molecule has 1 aliphatic rings. The van der Waals surface area contributed by atoms with E-state index in [4.69, 9.17) is 16.3 Å². The van der Waals surface area contributed by atoms with E-state index in [1.807, 2.05) is 11.7 Å². The van der Waals surface area contributed by atoms with Crippen LogP contribution in [0.4, 0.5) is 0 Å². The van der Waals surface area contributed by atoms with E-state index in [2.05, 4.69) is 15.0 Å². The molecule has 0 spiro atoms. The van der Waals surface area contributed by atoms with Crippen molar-refractivity contribution in [1.82, 2.24) is 19.7 Å². The highest BCUT2D eigenvalue weighted by atomic mass is 35.5. The largest absolute Gasteiger partial charge is 0.377 e. The van der Waals surface area contributed by atoms with Crippen molar-refractivity contribution in [3.63, 3.8) is 0 Å². The molecule has 0 bridgehead atoms. The minimum atomic E-state index is 0.379. The number of alkyl halides is 1. The minimum Gasteiger partial charge on any atom is -0.377 e. The molecule has 2 heterocycles. The third-order valence-electron chi connectivity index (χ3n) is 3.14. The summed E-state index contributed by atoms with van der Waals surface area (Å²) in [6.07, 6.45) is 4.14. The van der Waals surface area contributed by atoms with Gasteiger partial charge in [0, 0.05) is 26.0 Å². The maximum atomic E-state index is 5.65. The molecule has 1 fully saturated rings. The lowest BCUT2D eigenvalue weighted by molar-refractivity contribution is 0.0127. The fourth-order valence-electron chi connectivity index (χ4n) is 2.11. The minimum absolute atomic E-state index is 0.379. The molecule has 17 heavy (non-hydrogen) atoms. The molecule has 1 aliphatic heterocycles. The number of hydrogen-bond donors (Lipinski definition) is 0. The summed E-state index contributed by atoms with van der Waals surface area (Å²) in [6.45, 7) is 3.65. The Morgan fingerprint density at radius 1 is 1.47 bits per heavy atom. The molecule has 96 valence electrons. The highest BCUT2D eigenvalue weighted by molar-refractivity contribution is 6.17. The number of halogens is 1. The Morgan fingerprint density at radius 2 is 2.24 bits per heavy atom. The molecular weight excluding hydrogens is 240 g/mol. The van der Waals surface area contributed by atoms with Gasteiger partial charge in [-0.1, -0.05) is 0 Å². The number of piperidine rings is 1. The van der Waals surface area contributed by atoms with Crippen LogP contribution in [0.1, 0.15) is 18.7 Å². The molecule has 0 amide bonds. The molecule has 0 aliphatic carbocycles. The first kappa shape index (κ1) is 12.8. The second kappa shape index (κ2) is 6.33. The van der Waals surface area contributed by atoms with E-state index < -0.39 is 0 Å². The number of likely N-dealkylation sites (tertiary alicyclic amines) is 1. The van der Waals surface area contributed by atoms with Crippen LogP contribution in [0.3, 0.4) is 0 Å². The van der Waals surface area contributed by atoms with Crippen molar-refractivity contribution >= 4 is 11.6 Å². The van der Waals surface area contributed by atoms with Crippen LogP contribution in [-0.2, 0) is 18.3 Å². The van der Waals surface area contributed by atoms with Crippen molar-refractivity contribution in [1.29, 1.82) is 0 Å². The zero-order valence-corrected chi connectivity index (χ0v) is 10.9. The molecular formula is C11H19ClN4O. The van der Waals surface area contributed by atoms with Crippen LogP contribution < -0.4 is 0 Å². The van der Waals surface area contributed by atoms with Crippen molar-refractivity contribution in [2.24, 2.45) is 7.05 Å². The van der Waals surface area contributed by atoms with E-state index in [9.17, 15) is 0 Å². The van der Waals surface area contributed by atoms with Crippen LogP contribution in [0.25, 0.3) is 0 Å². The number of rotatable bonds is 5. The van der Waals surface area contributed by atoms with Crippen LogP contribution >= 0.6 is 11.6 Å². The van der Waals surface area contributed by atoms with Crippen LogP contribution in [-0.4, -0.2) is 51.3 Å². The third kappa shape index (κ3) is 3.66. The van der Waals surface area contributed by atoms with Gasteiger partial charge in [-0.25, -0.2) is 4.98 Å². The van der Waals surface area contributed by atoms with Gasteiger partial charge in [0.2, 0.25) is 0 Å². The van der Waals surface area contributed by atoms with Crippen LogP contribution in [0.15, 0.2) is 6.33 Å². The van der Waals surface area contributed by atoms with Gasteiger partial charge in [0.15, 0.2) is 0 Å². The molecule has 5 nitrogen and oxygen atoms in total. The summed E-state index contributed by atoms with van der Waals surface area (Å²) in [5, 5.41) is 4.08. The molecule has 2 rings (SSSR count). The SMILES string of the molecule is Cn1ncnc1CN1CCC(OCCCl)CC1. The zero-order chi connectivity index (χ0) is 12.1. The summed E-state index contributed by atoms with van der Waals surface area (Å²) in [7, 11) is 1.93. The highest BCUT2D eigenvalue weighted by Crippen LogP contribution is 2.15. The smallest absolute Gasteiger partial charge is 0.140 e. The van der Waals surface area contributed by atoms with Crippen molar-refractivity contribution in [2.45, 2.75) is 25.5 Å². The van der Waals surface area contributed by atoms with Gasteiger partial charge in [-0.05, 0) is 12.8 Å². The number of aryl methyl sites for hydroxylation is 1. The highest BCUT2D eigenvalue weighted by Gasteiger charge is 2.20. The summed E-state index contributed by atoms with van der Waals surface area (Å²) in [4.78, 5) is 6.63. The van der Waals surface area contributed by atoms with Gasteiger partial charge in [0.05, 0.1) is 19.3 Å². The Morgan fingerprint density at radius 3 is 2.82 bits per heavy atom. The molecule has 0 atom stereocenters. The van der Waals surface area contributed by atoms with Gasteiger partial charge >= 0.3 is 0 Å². The summed E-state index contributed by atoms with van der Waals surface area (Å²) < 4.78 is 7.48. The lowest BCUT2D eigenvalue weighted by atomic mass is 10.1. The lowest BCUT2D eigenvalue weighted by Gasteiger charge is -2.31. The average Bonchev–Trinajstić information content (AvgIpc) is 2.74. The van der Waals surface area contributed by atoms with Crippen LogP contribution in [0.2, 0.25) is 0 Å².